The van der Waals surface area contributed by atoms with E-state index < -0.39 is 16.9 Å². The molecule has 30 heavy (non-hydrogen) atoms. The SMILES string of the molecule is O=C1O[C@@H](Cn2ccnn2)CN1c1ccc(N2CC3CCS(=O)CCC3C2)c(F)c1. The summed E-state index contributed by atoms with van der Waals surface area (Å²) in [6, 6.07) is 4.95. The third kappa shape index (κ3) is 3.80. The molecule has 1 aromatic carbocycles. The van der Waals surface area contributed by atoms with Crippen molar-refractivity contribution < 1.29 is 18.1 Å². The summed E-state index contributed by atoms with van der Waals surface area (Å²) in [5.74, 6) is 2.12. The zero-order valence-corrected chi connectivity index (χ0v) is 17.3. The molecule has 10 heteroatoms. The van der Waals surface area contributed by atoms with E-state index in [4.69, 9.17) is 4.74 Å². The molecule has 0 N–H and O–H groups in total. The molecule has 1 aromatic heterocycles. The molecule has 0 radical (unpaired) electrons. The number of hydrogen-bond acceptors (Lipinski definition) is 6. The minimum absolute atomic E-state index is 0.333. The van der Waals surface area contributed by atoms with E-state index in [1.165, 1.54) is 11.0 Å². The van der Waals surface area contributed by atoms with Gasteiger partial charge in [-0.1, -0.05) is 5.21 Å². The third-order valence-corrected chi connectivity index (χ3v) is 7.71. The second kappa shape index (κ2) is 7.98. The normalized spacial score (nSPS) is 29.0. The number of anilines is 2. The van der Waals surface area contributed by atoms with E-state index >= 15 is 4.39 Å². The Morgan fingerprint density at radius 3 is 2.60 bits per heavy atom. The number of carbonyl (C=O) groups excluding carboxylic acids is 1. The van der Waals surface area contributed by atoms with Crippen LogP contribution in [-0.2, 0) is 22.1 Å². The Bertz CT molecular complexity index is 938. The maximum Gasteiger partial charge on any atom is 0.414 e. The summed E-state index contributed by atoms with van der Waals surface area (Å²) in [7, 11) is -0.700. The Morgan fingerprint density at radius 1 is 1.17 bits per heavy atom. The molecule has 3 saturated heterocycles. The van der Waals surface area contributed by atoms with Crippen LogP contribution in [0.15, 0.2) is 30.6 Å². The summed E-state index contributed by atoms with van der Waals surface area (Å²) in [6.45, 7) is 2.33. The number of fused-ring (bicyclic) bond motifs is 1. The lowest BCUT2D eigenvalue weighted by Crippen LogP contribution is -2.27. The molecule has 3 atom stereocenters. The zero-order chi connectivity index (χ0) is 20.7. The van der Waals surface area contributed by atoms with Gasteiger partial charge in [0.05, 0.1) is 30.7 Å². The fraction of sp³-hybridized carbons (Fsp3) is 0.550. The van der Waals surface area contributed by atoms with Gasteiger partial charge < -0.3 is 9.64 Å². The highest BCUT2D eigenvalue weighted by atomic mass is 32.2. The maximum absolute atomic E-state index is 15.0. The number of halogens is 1. The molecule has 3 aliphatic heterocycles. The molecule has 160 valence electrons. The summed E-state index contributed by atoms with van der Waals surface area (Å²) in [5, 5.41) is 7.63. The van der Waals surface area contributed by atoms with Gasteiger partial charge in [-0.05, 0) is 42.9 Å². The number of hydrogen-bond donors (Lipinski definition) is 0. The van der Waals surface area contributed by atoms with Gasteiger partial charge in [-0.2, -0.15) is 0 Å². The number of cyclic esters (lactones) is 1. The van der Waals surface area contributed by atoms with Gasteiger partial charge in [0.25, 0.3) is 0 Å². The molecule has 2 unspecified atom stereocenters. The van der Waals surface area contributed by atoms with Crippen molar-refractivity contribution in [2.24, 2.45) is 11.8 Å². The number of benzene rings is 1. The molecule has 0 aliphatic carbocycles. The van der Waals surface area contributed by atoms with Gasteiger partial charge in [-0.3, -0.25) is 9.11 Å². The van der Waals surface area contributed by atoms with E-state index in [1.54, 1.807) is 29.2 Å². The molecule has 0 bridgehead atoms. The van der Waals surface area contributed by atoms with Crippen molar-refractivity contribution >= 4 is 28.3 Å². The second-order valence-electron chi connectivity index (χ2n) is 8.23. The zero-order valence-electron chi connectivity index (χ0n) is 16.5. The average molecular weight is 434 g/mol. The Kier molecular flexibility index (Phi) is 5.18. The predicted octanol–water partition coefficient (Wildman–Crippen LogP) is 2.04. The largest absolute Gasteiger partial charge is 0.442 e. The molecule has 0 spiro atoms. The van der Waals surface area contributed by atoms with E-state index in [2.05, 4.69) is 15.2 Å². The molecular weight excluding hydrogens is 409 g/mol. The van der Waals surface area contributed by atoms with E-state index in [0.717, 1.165) is 37.4 Å². The standard InChI is InChI=1S/C20H24FN5O3S/c21-18-9-16(26-13-17(29-20(26)27)12-25-6-5-22-23-25)1-2-19(18)24-10-14-3-7-30(28)8-4-15(14)11-24/h1-2,5-6,9,14-15,17H,3-4,7-8,10-13H2/t14?,15?,17-,30?/m0/s1. The van der Waals surface area contributed by atoms with Gasteiger partial charge in [0.1, 0.15) is 11.9 Å². The van der Waals surface area contributed by atoms with Crippen molar-refractivity contribution in [1.29, 1.82) is 0 Å². The molecule has 1 amide bonds. The molecule has 3 fully saturated rings. The monoisotopic (exact) mass is 433 g/mol. The van der Waals surface area contributed by atoms with Crippen molar-refractivity contribution in [3.63, 3.8) is 0 Å². The van der Waals surface area contributed by atoms with Gasteiger partial charge >= 0.3 is 6.09 Å². The minimum Gasteiger partial charge on any atom is -0.442 e. The van der Waals surface area contributed by atoms with E-state index in [0.29, 0.717) is 36.3 Å². The van der Waals surface area contributed by atoms with Gasteiger partial charge in [0.2, 0.25) is 0 Å². The molecular formula is C20H24FN5O3S. The summed E-state index contributed by atoms with van der Waals surface area (Å²) in [6.07, 6.45) is 4.32. The van der Waals surface area contributed by atoms with E-state index in [1.807, 2.05) is 0 Å². The summed E-state index contributed by atoms with van der Waals surface area (Å²) in [4.78, 5) is 15.8. The quantitative estimate of drug-likeness (QED) is 0.734. The van der Waals surface area contributed by atoms with Crippen molar-refractivity contribution in [2.45, 2.75) is 25.5 Å². The van der Waals surface area contributed by atoms with Crippen LogP contribution in [-0.4, -0.2) is 62.5 Å². The first-order valence-corrected chi connectivity index (χ1v) is 11.8. The fourth-order valence-corrected chi connectivity index (χ4v) is 6.08. The van der Waals surface area contributed by atoms with Crippen LogP contribution in [0.4, 0.5) is 20.6 Å². The van der Waals surface area contributed by atoms with Crippen LogP contribution in [0.3, 0.4) is 0 Å². The van der Waals surface area contributed by atoms with Crippen LogP contribution < -0.4 is 9.80 Å². The lowest BCUT2D eigenvalue weighted by molar-refractivity contribution is 0.129. The van der Waals surface area contributed by atoms with Crippen molar-refractivity contribution in [3.05, 3.63) is 36.4 Å². The van der Waals surface area contributed by atoms with Gasteiger partial charge in [0, 0.05) is 41.6 Å². The van der Waals surface area contributed by atoms with Gasteiger partial charge in [-0.25, -0.2) is 13.9 Å². The Labute approximate surface area is 176 Å². The molecule has 8 nitrogen and oxygen atoms in total. The highest BCUT2D eigenvalue weighted by Gasteiger charge is 2.36. The Morgan fingerprint density at radius 2 is 1.93 bits per heavy atom. The number of aromatic nitrogens is 3. The van der Waals surface area contributed by atoms with Crippen LogP contribution in [0.1, 0.15) is 12.8 Å². The maximum atomic E-state index is 15.0. The lowest BCUT2D eigenvalue weighted by Gasteiger charge is -2.21. The van der Waals surface area contributed by atoms with Gasteiger partial charge in [0.15, 0.2) is 0 Å². The predicted molar refractivity (Wildman–Crippen MR) is 110 cm³/mol. The number of nitrogens with zero attached hydrogens (tertiary/aromatic N) is 5. The molecule has 2 aromatic rings. The number of amides is 1. The summed E-state index contributed by atoms with van der Waals surface area (Å²) < 4.78 is 33.8. The number of ether oxygens (including phenoxy) is 1. The first-order chi connectivity index (χ1) is 14.6. The molecule has 0 saturated carbocycles. The first-order valence-electron chi connectivity index (χ1n) is 10.3. The van der Waals surface area contributed by atoms with Crippen LogP contribution in [0, 0.1) is 17.7 Å². The number of carbonyl (C=O) groups is 1. The minimum atomic E-state index is -0.700. The Hall–Kier alpha value is -2.49. The van der Waals surface area contributed by atoms with Crippen LogP contribution >= 0.6 is 0 Å². The summed E-state index contributed by atoms with van der Waals surface area (Å²) in [5.41, 5.74) is 1.06. The molecule has 5 rings (SSSR count). The third-order valence-electron chi connectivity index (χ3n) is 6.33. The Balaban J connectivity index is 1.27. The molecule has 4 heterocycles. The average Bonchev–Trinajstić information content (AvgIpc) is 3.43. The smallest absolute Gasteiger partial charge is 0.414 e. The van der Waals surface area contributed by atoms with Crippen molar-refractivity contribution in [1.82, 2.24) is 15.0 Å². The van der Waals surface area contributed by atoms with E-state index in [-0.39, 0.29) is 11.9 Å². The highest BCUT2D eigenvalue weighted by molar-refractivity contribution is 7.84. The van der Waals surface area contributed by atoms with E-state index in [9.17, 15) is 9.00 Å². The lowest BCUT2D eigenvalue weighted by atomic mass is 9.92. The summed E-state index contributed by atoms with van der Waals surface area (Å²) >= 11 is 0. The van der Waals surface area contributed by atoms with Crippen LogP contribution in [0.25, 0.3) is 0 Å². The van der Waals surface area contributed by atoms with Crippen LogP contribution in [0.2, 0.25) is 0 Å². The van der Waals surface area contributed by atoms with Gasteiger partial charge in [-0.15, -0.1) is 5.10 Å². The molecule has 3 aliphatic rings. The second-order valence-corrected chi connectivity index (χ2v) is 9.92. The van der Waals surface area contributed by atoms with Crippen LogP contribution in [0.5, 0.6) is 0 Å². The first kappa shape index (κ1) is 19.5. The number of rotatable bonds is 4. The fourth-order valence-electron chi connectivity index (χ4n) is 4.74. The van der Waals surface area contributed by atoms with Crippen molar-refractivity contribution in [2.75, 3.05) is 40.9 Å². The topological polar surface area (TPSA) is 80.6 Å². The highest BCUT2D eigenvalue weighted by Crippen LogP contribution is 2.36. The van der Waals surface area contributed by atoms with Crippen molar-refractivity contribution in [3.8, 4) is 0 Å².